The fourth-order valence-electron chi connectivity index (χ4n) is 4.66. The number of hydrogen-bond donors (Lipinski definition) is 0. The summed E-state index contributed by atoms with van der Waals surface area (Å²) in [4.78, 5) is 42.5. The third-order valence-electron chi connectivity index (χ3n) is 6.44. The number of amides is 2. The molecule has 2 aliphatic heterocycles. The fourth-order valence-corrected chi connectivity index (χ4v) is 4.89. The Balaban J connectivity index is 1.63. The molecule has 0 saturated heterocycles. The third kappa shape index (κ3) is 3.89. The van der Waals surface area contributed by atoms with Crippen LogP contribution in [0.2, 0.25) is 5.02 Å². The molecule has 10 heteroatoms. The Kier molecular flexibility index (Phi) is 5.98. The molecule has 0 radical (unpaired) electrons. The second kappa shape index (κ2) is 9.13. The topological polar surface area (TPSA) is 109 Å². The Bertz CT molecular complexity index is 1470. The summed E-state index contributed by atoms with van der Waals surface area (Å²) in [5, 5.41) is 14.1. The van der Waals surface area contributed by atoms with E-state index in [1.54, 1.807) is 42.0 Å². The Labute approximate surface area is 212 Å². The van der Waals surface area contributed by atoms with E-state index in [0.717, 1.165) is 12.0 Å². The van der Waals surface area contributed by atoms with Gasteiger partial charge >= 0.3 is 5.97 Å². The van der Waals surface area contributed by atoms with E-state index in [0.29, 0.717) is 47.0 Å². The van der Waals surface area contributed by atoms with E-state index >= 15 is 0 Å². The standard InChI is InChI=1S/C26H22ClN5O4/c1-3-36-26(35)22-20-7-9-31(18-5-4-16-6-8-30(2)24(33)21(16)13-18)25(34)23(20)32(29-22)19-11-15(14-28)10-17(27)12-19/h4-5,10-13H,3,6-9H2,1-2H3. The molecule has 0 saturated carbocycles. The fraction of sp³-hybridized carbons (Fsp3) is 0.269. The summed E-state index contributed by atoms with van der Waals surface area (Å²) >= 11 is 6.22. The highest BCUT2D eigenvalue weighted by Gasteiger charge is 2.36. The number of aromatic nitrogens is 2. The lowest BCUT2D eigenvalue weighted by Crippen LogP contribution is -2.39. The molecule has 0 N–H and O–H groups in total. The van der Waals surface area contributed by atoms with E-state index in [9.17, 15) is 19.6 Å². The van der Waals surface area contributed by atoms with Gasteiger partial charge in [-0.1, -0.05) is 17.7 Å². The molecule has 9 nitrogen and oxygen atoms in total. The largest absolute Gasteiger partial charge is 0.461 e. The van der Waals surface area contributed by atoms with Crippen LogP contribution in [0.25, 0.3) is 5.69 Å². The van der Waals surface area contributed by atoms with Gasteiger partial charge in [-0.05, 0) is 55.7 Å². The minimum Gasteiger partial charge on any atom is -0.461 e. The lowest BCUT2D eigenvalue weighted by atomic mass is 9.97. The smallest absolute Gasteiger partial charge is 0.359 e. The van der Waals surface area contributed by atoms with Crippen LogP contribution >= 0.6 is 11.6 Å². The van der Waals surface area contributed by atoms with E-state index in [-0.39, 0.29) is 35.4 Å². The molecule has 1 aromatic heterocycles. The Morgan fingerprint density at radius 3 is 2.67 bits per heavy atom. The highest BCUT2D eigenvalue weighted by Crippen LogP contribution is 2.32. The van der Waals surface area contributed by atoms with Crippen molar-refractivity contribution in [3.8, 4) is 11.8 Å². The van der Waals surface area contributed by atoms with Gasteiger partial charge in [-0.25, -0.2) is 9.48 Å². The predicted molar refractivity (Wildman–Crippen MR) is 132 cm³/mol. The van der Waals surface area contributed by atoms with E-state index in [2.05, 4.69) is 5.10 Å². The summed E-state index contributed by atoms with van der Waals surface area (Å²) in [6.45, 7) is 2.80. The summed E-state index contributed by atoms with van der Waals surface area (Å²) < 4.78 is 6.53. The van der Waals surface area contributed by atoms with Crippen LogP contribution in [0, 0.1) is 11.3 Å². The number of halogens is 1. The van der Waals surface area contributed by atoms with Crippen molar-refractivity contribution < 1.29 is 19.1 Å². The molecule has 2 aliphatic rings. The van der Waals surface area contributed by atoms with Crippen molar-refractivity contribution in [2.75, 3.05) is 31.6 Å². The van der Waals surface area contributed by atoms with Crippen LogP contribution in [0.15, 0.2) is 36.4 Å². The number of carbonyl (C=O) groups is 3. The molecule has 2 amide bonds. The number of nitriles is 1. The number of rotatable bonds is 4. The molecule has 3 heterocycles. The van der Waals surface area contributed by atoms with Gasteiger partial charge in [-0.2, -0.15) is 10.4 Å². The van der Waals surface area contributed by atoms with Crippen LogP contribution in [-0.2, 0) is 17.6 Å². The van der Waals surface area contributed by atoms with Gasteiger partial charge in [0.05, 0.1) is 23.9 Å². The molecule has 2 aromatic carbocycles. The molecule has 0 atom stereocenters. The average molecular weight is 504 g/mol. The minimum absolute atomic E-state index is 0.0561. The van der Waals surface area contributed by atoms with E-state index in [1.165, 1.54) is 10.7 Å². The van der Waals surface area contributed by atoms with Gasteiger partial charge in [0.2, 0.25) is 0 Å². The normalized spacial score (nSPS) is 14.8. The molecule has 182 valence electrons. The molecule has 0 unspecified atom stereocenters. The highest BCUT2D eigenvalue weighted by atomic mass is 35.5. The Morgan fingerprint density at radius 1 is 1.11 bits per heavy atom. The number of anilines is 1. The SMILES string of the molecule is CCOC(=O)c1nn(-c2cc(Cl)cc(C#N)c2)c2c1CCN(c1ccc3c(c1)C(=O)N(C)CC3)C2=O. The summed E-state index contributed by atoms with van der Waals surface area (Å²) in [5.41, 5.74) is 3.50. The van der Waals surface area contributed by atoms with Crippen molar-refractivity contribution in [3.05, 3.63) is 75.1 Å². The van der Waals surface area contributed by atoms with Gasteiger partial charge < -0.3 is 14.5 Å². The van der Waals surface area contributed by atoms with Crippen molar-refractivity contribution in [2.24, 2.45) is 0 Å². The number of esters is 1. The first-order valence-corrected chi connectivity index (χ1v) is 11.9. The maximum absolute atomic E-state index is 13.9. The summed E-state index contributed by atoms with van der Waals surface area (Å²) in [6, 6.07) is 12.1. The average Bonchev–Trinajstić information content (AvgIpc) is 3.27. The number of carbonyl (C=O) groups excluding carboxylic acids is 3. The van der Waals surface area contributed by atoms with Gasteiger partial charge in [-0.3, -0.25) is 9.59 Å². The zero-order valence-electron chi connectivity index (χ0n) is 19.7. The van der Waals surface area contributed by atoms with Crippen molar-refractivity contribution in [3.63, 3.8) is 0 Å². The highest BCUT2D eigenvalue weighted by molar-refractivity contribution is 6.30. The first-order valence-electron chi connectivity index (χ1n) is 11.5. The maximum Gasteiger partial charge on any atom is 0.359 e. The number of fused-ring (bicyclic) bond motifs is 2. The monoisotopic (exact) mass is 503 g/mol. The number of ether oxygens (including phenoxy) is 1. The minimum atomic E-state index is -0.626. The molecule has 0 fully saturated rings. The molecule has 5 rings (SSSR count). The molecule has 0 spiro atoms. The van der Waals surface area contributed by atoms with Gasteiger partial charge in [0, 0.05) is 42.0 Å². The van der Waals surface area contributed by atoms with Gasteiger partial charge in [0.1, 0.15) is 5.69 Å². The molecule has 3 aromatic rings. The van der Waals surface area contributed by atoms with E-state index < -0.39 is 5.97 Å². The van der Waals surface area contributed by atoms with Crippen molar-refractivity contribution in [2.45, 2.75) is 19.8 Å². The van der Waals surface area contributed by atoms with Gasteiger partial charge in [0.15, 0.2) is 5.69 Å². The predicted octanol–water partition coefficient (Wildman–Crippen LogP) is 3.41. The third-order valence-corrected chi connectivity index (χ3v) is 6.66. The number of likely N-dealkylation sites (N-methyl/N-ethyl adjacent to an activating group) is 1. The number of hydrogen-bond acceptors (Lipinski definition) is 6. The van der Waals surface area contributed by atoms with Crippen molar-refractivity contribution >= 4 is 35.1 Å². The zero-order chi connectivity index (χ0) is 25.6. The summed E-state index contributed by atoms with van der Waals surface area (Å²) in [7, 11) is 1.76. The van der Waals surface area contributed by atoms with Crippen LogP contribution < -0.4 is 4.90 Å². The Morgan fingerprint density at radius 2 is 1.92 bits per heavy atom. The lowest BCUT2D eigenvalue weighted by Gasteiger charge is -2.30. The molecule has 0 bridgehead atoms. The summed E-state index contributed by atoms with van der Waals surface area (Å²) in [6.07, 6.45) is 1.10. The lowest BCUT2D eigenvalue weighted by molar-refractivity contribution is 0.0517. The van der Waals surface area contributed by atoms with Crippen LogP contribution in [0.5, 0.6) is 0 Å². The zero-order valence-corrected chi connectivity index (χ0v) is 20.5. The first kappa shape index (κ1) is 23.6. The first-order chi connectivity index (χ1) is 17.3. The Hall–Kier alpha value is -4.16. The molecule has 36 heavy (non-hydrogen) atoms. The molecular weight excluding hydrogens is 482 g/mol. The van der Waals surface area contributed by atoms with Crippen LogP contribution in [0.1, 0.15) is 54.9 Å². The van der Waals surface area contributed by atoms with Gasteiger partial charge in [0.25, 0.3) is 11.8 Å². The molecular formula is C26H22ClN5O4. The van der Waals surface area contributed by atoms with Gasteiger partial charge in [-0.15, -0.1) is 0 Å². The van der Waals surface area contributed by atoms with E-state index in [1.807, 2.05) is 18.2 Å². The second-order valence-corrected chi connectivity index (χ2v) is 9.08. The maximum atomic E-state index is 13.9. The van der Waals surface area contributed by atoms with Crippen LogP contribution in [0.4, 0.5) is 5.69 Å². The van der Waals surface area contributed by atoms with Crippen LogP contribution in [-0.4, -0.2) is 59.2 Å². The quantitative estimate of drug-likeness (QED) is 0.505. The van der Waals surface area contributed by atoms with E-state index in [4.69, 9.17) is 16.3 Å². The molecule has 0 aliphatic carbocycles. The van der Waals surface area contributed by atoms with Crippen molar-refractivity contribution in [1.82, 2.24) is 14.7 Å². The number of benzene rings is 2. The number of nitrogens with zero attached hydrogens (tertiary/aromatic N) is 5. The van der Waals surface area contributed by atoms with Crippen LogP contribution in [0.3, 0.4) is 0 Å². The second-order valence-electron chi connectivity index (χ2n) is 8.64. The summed E-state index contributed by atoms with van der Waals surface area (Å²) in [5.74, 6) is -1.09. The van der Waals surface area contributed by atoms with Crippen molar-refractivity contribution in [1.29, 1.82) is 5.26 Å².